The highest BCUT2D eigenvalue weighted by Crippen LogP contribution is 2.33. The monoisotopic (exact) mass is 482 g/mol. The van der Waals surface area contributed by atoms with Crippen LogP contribution in [0.1, 0.15) is 49.2 Å². The van der Waals surface area contributed by atoms with Crippen LogP contribution in [0.5, 0.6) is 0 Å². The number of hydrogen-bond acceptors (Lipinski definition) is 7. The van der Waals surface area contributed by atoms with E-state index in [0.717, 1.165) is 27.7 Å². The number of hydrogen-bond donors (Lipinski definition) is 3. The molecule has 8 heteroatoms. The molecule has 1 aliphatic rings. The molecule has 0 spiro atoms. The Bertz CT molecular complexity index is 1390. The van der Waals surface area contributed by atoms with Crippen LogP contribution in [0.15, 0.2) is 77.0 Å². The zero-order chi connectivity index (χ0) is 25.7. The first-order valence-corrected chi connectivity index (χ1v) is 12.0. The minimum atomic E-state index is -0.0468. The predicted molar refractivity (Wildman–Crippen MR) is 143 cm³/mol. The van der Waals surface area contributed by atoms with Crippen molar-refractivity contribution in [3.8, 4) is 0 Å². The largest absolute Gasteiger partial charge is 0.404 e. The Labute approximate surface area is 211 Å². The summed E-state index contributed by atoms with van der Waals surface area (Å²) in [6, 6.07) is 13.3. The van der Waals surface area contributed by atoms with Crippen molar-refractivity contribution in [3.05, 3.63) is 83.4 Å². The molecule has 4 N–H and O–H groups in total. The van der Waals surface area contributed by atoms with Crippen LogP contribution in [-0.4, -0.2) is 28.5 Å². The quantitative estimate of drug-likeness (QED) is 0.333. The molecule has 1 atom stereocenters. The molecule has 1 aromatic carbocycles. The third-order valence-corrected chi connectivity index (χ3v) is 6.61. The van der Waals surface area contributed by atoms with Crippen LogP contribution < -0.4 is 16.0 Å². The number of aromatic nitrogens is 2. The molecule has 0 saturated carbocycles. The fraction of sp³-hybridized carbons (Fsp3) is 0.286. The van der Waals surface area contributed by atoms with Gasteiger partial charge in [0.25, 0.3) is 0 Å². The minimum absolute atomic E-state index is 0.0468. The number of Topliss-reactive ketones (excluding diaryl/α,β-unsaturated/α-hetero) is 1. The number of benzene rings is 1. The van der Waals surface area contributed by atoms with Crippen LogP contribution in [0.4, 0.5) is 5.82 Å². The third kappa shape index (κ3) is 5.71. The van der Waals surface area contributed by atoms with Gasteiger partial charge in [0.05, 0.1) is 23.2 Å². The van der Waals surface area contributed by atoms with E-state index in [4.69, 9.17) is 10.7 Å². The number of rotatable bonds is 8. The van der Waals surface area contributed by atoms with Gasteiger partial charge in [-0.2, -0.15) is 5.11 Å². The second-order valence-electron chi connectivity index (χ2n) is 9.57. The average molecular weight is 483 g/mol. The highest BCUT2D eigenvalue weighted by molar-refractivity contribution is 6.07. The van der Waals surface area contributed by atoms with E-state index >= 15 is 0 Å². The second kappa shape index (κ2) is 10.6. The number of fused-ring (bicyclic) bond motifs is 1. The molecule has 0 fully saturated rings. The zero-order valence-electron chi connectivity index (χ0n) is 21.1. The SMILES string of the molecule is CC(=O)c1ccc(C[NH+]=CC(=CN)c2cnc3ccc(NC4=CC(C)(C(C)C)CN=N4)nc3c2)cc1. The molecule has 0 aliphatic carbocycles. The maximum Gasteiger partial charge on any atom is 0.171 e. The van der Waals surface area contributed by atoms with Crippen molar-refractivity contribution < 1.29 is 9.79 Å². The Morgan fingerprint density at radius 2 is 1.94 bits per heavy atom. The van der Waals surface area contributed by atoms with E-state index in [-0.39, 0.29) is 11.2 Å². The van der Waals surface area contributed by atoms with E-state index in [1.165, 1.54) is 6.20 Å². The van der Waals surface area contributed by atoms with Crippen LogP contribution in [0, 0.1) is 11.3 Å². The van der Waals surface area contributed by atoms with Gasteiger partial charge in [-0.3, -0.25) is 9.78 Å². The first-order valence-electron chi connectivity index (χ1n) is 12.0. The number of carbonyl (C=O) groups excluding carboxylic acids is 1. The van der Waals surface area contributed by atoms with Gasteiger partial charge in [0.1, 0.15) is 11.6 Å². The lowest BCUT2D eigenvalue weighted by atomic mass is 9.78. The minimum Gasteiger partial charge on any atom is -0.404 e. The van der Waals surface area contributed by atoms with Gasteiger partial charge in [0, 0.05) is 34.5 Å². The molecule has 0 saturated heterocycles. The Morgan fingerprint density at radius 3 is 2.64 bits per heavy atom. The van der Waals surface area contributed by atoms with Gasteiger partial charge in [0.15, 0.2) is 18.5 Å². The van der Waals surface area contributed by atoms with E-state index in [1.54, 1.807) is 13.1 Å². The summed E-state index contributed by atoms with van der Waals surface area (Å²) in [6.45, 7) is 9.40. The maximum atomic E-state index is 11.5. The Kier molecular flexibility index (Phi) is 7.33. The molecule has 3 heterocycles. The van der Waals surface area contributed by atoms with Crippen molar-refractivity contribution >= 4 is 34.4 Å². The van der Waals surface area contributed by atoms with Crippen LogP contribution in [0.3, 0.4) is 0 Å². The number of anilines is 1. The van der Waals surface area contributed by atoms with Gasteiger partial charge in [0.2, 0.25) is 0 Å². The van der Waals surface area contributed by atoms with Gasteiger partial charge in [-0.05, 0) is 37.1 Å². The van der Waals surface area contributed by atoms with Crippen LogP contribution in [-0.2, 0) is 6.54 Å². The van der Waals surface area contributed by atoms with Crippen molar-refractivity contribution in [1.29, 1.82) is 0 Å². The molecule has 0 radical (unpaired) electrons. The van der Waals surface area contributed by atoms with Gasteiger partial charge in [-0.15, -0.1) is 5.11 Å². The molecule has 0 amide bonds. The highest BCUT2D eigenvalue weighted by atomic mass is 16.1. The lowest BCUT2D eigenvalue weighted by Gasteiger charge is -2.30. The normalized spacial score (nSPS) is 18.1. The summed E-state index contributed by atoms with van der Waals surface area (Å²) in [4.78, 5) is 24.0. The molecule has 3 aromatic rings. The Morgan fingerprint density at radius 1 is 1.17 bits per heavy atom. The Hall–Kier alpha value is -4.20. The molecular formula is C28H32N7O+. The van der Waals surface area contributed by atoms with E-state index in [2.05, 4.69) is 52.4 Å². The molecule has 8 nitrogen and oxygen atoms in total. The third-order valence-electron chi connectivity index (χ3n) is 6.61. The lowest BCUT2D eigenvalue weighted by Crippen LogP contribution is -2.67. The van der Waals surface area contributed by atoms with Crippen LogP contribution in [0.2, 0.25) is 0 Å². The zero-order valence-corrected chi connectivity index (χ0v) is 21.1. The fourth-order valence-corrected chi connectivity index (χ4v) is 3.79. The molecule has 36 heavy (non-hydrogen) atoms. The summed E-state index contributed by atoms with van der Waals surface area (Å²) >= 11 is 0. The lowest BCUT2D eigenvalue weighted by molar-refractivity contribution is -0.468. The molecule has 1 aliphatic heterocycles. The van der Waals surface area contributed by atoms with E-state index in [0.29, 0.717) is 36.2 Å². The molecule has 4 rings (SSSR count). The number of pyridine rings is 2. The number of ketones is 1. The number of azo groups is 1. The summed E-state index contributed by atoms with van der Waals surface area (Å²) in [6.07, 6.45) is 7.30. The number of allylic oxidation sites excluding steroid dienone is 1. The molecular weight excluding hydrogens is 450 g/mol. The maximum absolute atomic E-state index is 11.5. The summed E-state index contributed by atoms with van der Waals surface area (Å²) in [7, 11) is 0. The number of carbonyl (C=O) groups is 1. The first-order chi connectivity index (χ1) is 17.3. The van der Waals surface area contributed by atoms with Crippen molar-refractivity contribution in [1.82, 2.24) is 9.97 Å². The van der Waals surface area contributed by atoms with Crippen molar-refractivity contribution in [3.63, 3.8) is 0 Å². The van der Waals surface area contributed by atoms with Gasteiger partial charge >= 0.3 is 0 Å². The Balaban J connectivity index is 1.51. The van der Waals surface area contributed by atoms with Crippen LogP contribution in [0.25, 0.3) is 16.6 Å². The number of nitrogens with one attached hydrogen (secondary N) is 2. The summed E-state index contributed by atoms with van der Waals surface area (Å²) in [5.74, 6) is 1.87. The van der Waals surface area contributed by atoms with Crippen LogP contribution >= 0.6 is 0 Å². The fourth-order valence-electron chi connectivity index (χ4n) is 3.79. The van der Waals surface area contributed by atoms with Gasteiger partial charge in [-0.1, -0.05) is 45.0 Å². The van der Waals surface area contributed by atoms with Gasteiger partial charge in [-0.25, -0.2) is 9.98 Å². The van der Waals surface area contributed by atoms with Crippen molar-refractivity contribution in [2.75, 3.05) is 11.9 Å². The molecule has 2 aromatic heterocycles. The number of nitrogens with two attached hydrogens (primary N) is 1. The second-order valence-corrected chi connectivity index (χ2v) is 9.57. The molecule has 0 bridgehead atoms. The molecule has 1 unspecified atom stereocenters. The standard InChI is InChI=1S/C28H31N7O/c1-18(2)28(4)12-27(35-32-17-28)34-26-10-9-24-25(33-26)11-22(16-31-24)23(13-29)15-30-14-20-5-7-21(8-6-20)19(3)36/h5-13,15-16,18H,14,17,29H2,1-4H3,(H,33,34)/p+1. The summed E-state index contributed by atoms with van der Waals surface area (Å²) in [5, 5.41) is 11.9. The first kappa shape index (κ1) is 24.9. The van der Waals surface area contributed by atoms with Crippen molar-refractivity contribution in [2.45, 2.75) is 34.2 Å². The summed E-state index contributed by atoms with van der Waals surface area (Å²) < 4.78 is 0. The average Bonchev–Trinajstić information content (AvgIpc) is 2.86. The molecule has 184 valence electrons. The van der Waals surface area contributed by atoms with Gasteiger partial charge < -0.3 is 11.1 Å². The van der Waals surface area contributed by atoms with E-state index in [9.17, 15) is 4.79 Å². The topological polar surface area (TPSA) is 120 Å². The smallest absolute Gasteiger partial charge is 0.171 e. The van der Waals surface area contributed by atoms with E-state index in [1.807, 2.05) is 48.7 Å². The van der Waals surface area contributed by atoms with E-state index < -0.39 is 0 Å². The summed E-state index contributed by atoms with van der Waals surface area (Å²) in [5.41, 5.74) is 10.8. The highest BCUT2D eigenvalue weighted by Gasteiger charge is 2.29. The van der Waals surface area contributed by atoms with Crippen molar-refractivity contribution in [2.24, 2.45) is 27.3 Å². The predicted octanol–water partition coefficient (Wildman–Crippen LogP) is 3.87. The number of nitrogens with zero attached hydrogens (tertiary/aromatic N) is 4.